The maximum atomic E-state index is 13.3. The quantitative estimate of drug-likeness (QED) is 0.594. The molecule has 0 heterocycles. The highest BCUT2D eigenvalue weighted by molar-refractivity contribution is 5.96. The Bertz CT molecular complexity index is 408. The van der Waals surface area contributed by atoms with Gasteiger partial charge in [-0.3, -0.25) is 14.9 Å². The zero-order valence-corrected chi connectivity index (χ0v) is 8.20. The van der Waals surface area contributed by atoms with Gasteiger partial charge < -0.3 is 5.32 Å². The number of nitro benzene ring substituents is 1. The molecule has 1 N–H and O–H groups in total. The van der Waals surface area contributed by atoms with Crippen molar-refractivity contribution < 1.29 is 14.1 Å². The number of rotatable bonds is 2. The largest absolute Gasteiger partial charge is 0.355 e. The minimum atomic E-state index is -0.888. The fourth-order valence-electron chi connectivity index (χ4n) is 1.24. The number of hydrogen-bond donors (Lipinski definition) is 1. The van der Waals surface area contributed by atoms with Crippen LogP contribution in [0.5, 0.6) is 0 Å². The molecule has 0 aliphatic rings. The first-order valence-corrected chi connectivity index (χ1v) is 4.14. The van der Waals surface area contributed by atoms with E-state index < -0.39 is 16.6 Å². The van der Waals surface area contributed by atoms with Crippen LogP contribution in [0.4, 0.5) is 10.1 Å². The van der Waals surface area contributed by atoms with E-state index in [9.17, 15) is 19.3 Å². The summed E-state index contributed by atoms with van der Waals surface area (Å²) in [5.41, 5.74) is -0.290. The molecule has 0 fully saturated rings. The summed E-state index contributed by atoms with van der Waals surface area (Å²) in [5.74, 6) is -1.49. The van der Waals surface area contributed by atoms with Crippen LogP contribution < -0.4 is 5.32 Å². The van der Waals surface area contributed by atoms with Gasteiger partial charge >= 0.3 is 0 Å². The number of non-ortho nitro benzene ring substituents is 1. The van der Waals surface area contributed by atoms with E-state index in [2.05, 4.69) is 5.32 Å². The SMILES string of the molecule is CNC(=O)c1c(C)cc([N+](=O)[O-])cc1F. The van der Waals surface area contributed by atoms with Gasteiger partial charge in [0.25, 0.3) is 11.6 Å². The molecule has 1 rings (SSSR count). The average molecular weight is 212 g/mol. The third-order valence-electron chi connectivity index (χ3n) is 1.94. The van der Waals surface area contributed by atoms with Crippen molar-refractivity contribution in [3.8, 4) is 0 Å². The Balaban J connectivity index is 3.33. The van der Waals surface area contributed by atoms with Gasteiger partial charge in [-0.15, -0.1) is 0 Å². The van der Waals surface area contributed by atoms with Crippen LogP contribution in [-0.4, -0.2) is 17.9 Å². The van der Waals surface area contributed by atoms with Crippen molar-refractivity contribution in [3.05, 3.63) is 39.2 Å². The molecule has 80 valence electrons. The van der Waals surface area contributed by atoms with E-state index in [1.54, 1.807) is 0 Å². The van der Waals surface area contributed by atoms with E-state index in [1.165, 1.54) is 14.0 Å². The van der Waals surface area contributed by atoms with Crippen LogP contribution in [0, 0.1) is 22.9 Å². The predicted octanol–water partition coefficient (Wildman–Crippen LogP) is 1.40. The number of carbonyl (C=O) groups is 1. The second-order valence-electron chi connectivity index (χ2n) is 2.96. The zero-order valence-electron chi connectivity index (χ0n) is 8.20. The second kappa shape index (κ2) is 4.04. The first kappa shape index (κ1) is 11.1. The number of nitrogens with one attached hydrogen (secondary N) is 1. The van der Waals surface area contributed by atoms with Crippen molar-refractivity contribution in [1.82, 2.24) is 5.32 Å². The Hall–Kier alpha value is -1.98. The molecule has 0 bridgehead atoms. The number of nitrogens with zero attached hydrogens (tertiary/aromatic N) is 1. The fourth-order valence-corrected chi connectivity index (χ4v) is 1.24. The molecule has 0 saturated heterocycles. The predicted molar refractivity (Wildman–Crippen MR) is 51.2 cm³/mol. The van der Waals surface area contributed by atoms with Gasteiger partial charge in [-0.1, -0.05) is 0 Å². The van der Waals surface area contributed by atoms with Crippen LogP contribution in [0.15, 0.2) is 12.1 Å². The van der Waals surface area contributed by atoms with Gasteiger partial charge in [-0.25, -0.2) is 4.39 Å². The van der Waals surface area contributed by atoms with Crippen molar-refractivity contribution in [2.45, 2.75) is 6.92 Å². The van der Waals surface area contributed by atoms with Crippen LogP contribution in [0.25, 0.3) is 0 Å². The summed E-state index contributed by atoms with van der Waals surface area (Å²) in [5, 5.41) is 12.7. The number of carbonyl (C=O) groups excluding carboxylic acids is 1. The molecule has 5 nitrogen and oxygen atoms in total. The first-order chi connectivity index (χ1) is 6.97. The number of amides is 1. The van der Waals surface area contributed by atoms with E-state index in [0.29, 0.717) is 0 Å². The molecular formula is C9H9FN2O3. The van der Waals surface area contributed by atoms with E-state index in [-0.39, 0.29) is 16.8 Å². The lowest BCUT2D eigenvalue weighted by Crippen LogP contribution is -2.20. The molecule has 6 heteroatoms. The van der Waals surface area contributed by atoms with Crippen molar-refractivity contribution in [2.75, 3.05) is 7.05 Å². The third-order valence-corrected chi connectivity index (χ3v) is 1.94. The van der Waals surface area contributed by atoms with E-state index in [1.807, 2.05) is 0 Å². The Morgan fingerprint density at radius 2 is 2.13 bits per heavy atom. The number of benzene rings is 1. The molecule has 0 aliphatic carbocycles. The highest BCUT2D eigenvalue weighted by atomic mass is 19.1. The summed E-state index contributed by atoms with van der Waals surface area (Å²) in [6.07, 6.45) is 0. The summed E-state index contributed by atoms with van der Waals surface area (Å²) < 4.78 is 13.3. The Labute approximate surface area is 85.1 Å². The summed E-state index contributed by atoms with van der Waals surface area (Å²) in [7, 11) is 1.36. The highest BCUT2D eigenvalue weighted by Crippen LogP contribution is 2.20. The molecule has 0 aliphatic heterocycles. The molecule has 0 aromatic heterocycles. The molecule has 1 amide bonds. The Morgan fingerprint density at radius 1 is 1.53 bits per heavy atom. The van der Waals surface area contributed by atoms with Crippen LogP contribution in [0.1, 0.15) is 15.9 Å². The van der Waals surface area contributed by atoms with Gasteiger partial charge in [-0.05, 0) is 12.5 Å². The fraction of sp³-hybridized carbons (Fsp3) is 0.222. The number of halogens is 1. The summed E-state index contributed by atoms with van der Waals surface area (Å²) in [6.45, 7) is 1.45. The van der Waals surface area contributed by atoms with Gasteiger partial charge in [0.15, 0.2) is 0 Å². The number of nitro groups is 1. The van der Waals surface area contributed by atoms with E-state index >= 15 is 0 Å². The first-order valence-electron chi connectivity index (χ1n) is 4.14. The van der Waals surface area contributed by atoms with Crippen molar-refractivity contribution in [3.63, 3.8) is 0 Å². The van der Waals surface area contributed by atoms with Crippen LogP contribution in [-0.2, 0) is 0 Å². The molecular weight excluding hydrogens is 203 g/mol. The highest BCUT2D eigenvalue weighted by Gasteiger charge is 2.18. The maximum absolute atomic E-state index is 13.3. The Kier molecular flexibility index (Phi) is 2.99. The molecule has 0 radical (unpaired) electrons. The molecule has 0 saturated carbocycles. The van der Waals surface area contributed by atoms with Crippen molar-refractivity contribution in [2.24, 2.45) is 0 Å². The lowest BCUT2D eigenvalue weighted by atomic mass is 10.1. The van der Waals surface area contributed by atoms with E-state index in [0.717, 1.165) is 12.1 Å². The van der Waals surface area contributed by atoms with Crippen LogP contribution in [0.3, 0.4) is 0 Å². The minimum Gasteiger partial charge on any atom is -0.355 e. The maximum Gasteiger partial charge on any atom is 0.272 e. The van der Waals surface area contributed by atoms with Gasteiger partial charge in [-0.2, -0.15) is 0 Å². The van der Waals surface area contributed by atoms with Crippen LogP contribution >= 0.6 is 0 Å². The van der Waals surface area contributed by atoms with E-state index in [4.69, 9.17) is 0 Å². The standard InChI is InChI=1S/C9H9FN2O3/c1-5-3-6(12(14)15)4-7(10)8(5)9(13)11-2/h3-4H,1-2H3,(H,11,13). The number of aryl methyl sites for hydroxylation is 1. The second-order valence-corrected chi connectivity index (χ2v) is 2.96. The van der Waals surface area contributed by atoms with Crippen molar-refractivity contribution in [1.29, 1.82) is 0 Å². The van der Waals surface area contributed by atoms with Gasteiger partial charge in [0.05, 0.1) is 16.6 Å². The lowest BCUT2D eigenvalue weighted by molar-refractivity contribution is -0.385. The smallest absolute Gasteiger partial charge is 0.272 e. The number of hydrogen-bond acceptors (Lipinski definition) is 3. The molecule has 0 spiro atoms. The zero-order chi connectivity index (χ0) is 11.6. The van der Waals surface area contributed by atoms with Gasteiger partial charge in [0, 0.05) is 13.1 Å². The topological polar surface area (TPSA) is 72.2 Å². The molecule has 0 unspecified atom stereocenters. The molecule has 0 atom stereocenters. The Morgan fingerprint density at radius 3 is 2.53 bits per heavy atom. The molecule has 1 aromatic rings. The summed E-state index contributed by atoms with van der Waals surface area (Å²) >= 11 is 0. The lowest BCUT2D eigenvalue weighted by Gasteiger charge is -2.05. The van der Waals surface area contributed by atoms with Gasteiger partial charge in [0.2, 0.25) is 0 Å². The van der Waals surface area contributed by atoms with Crippen molar-refractivity contribution >= 4 is 11.6 Å². The monoisotopic (exact) mass is 212 g/mol. The van der Waals surface area contributed by atoms with Gasteiger partial charge in [0.1, 0.15) is 5.82 Å². The average Bonchev–Trinajstić information content (AvgIpc) is 2.16. The molecule has 1 aromatic carbocycles. The summed E-state index contributed by atoms with van der Waals surface area (Å²) in [4.78, 5) is 20.9. The molecule has 15 heavy (non-hydrogen) atoms. The third kappa shape index (κ3) is 2.09. The normalized spacial score (nSPS) is 9.80. The minimum absolute atomic E-state index is 0.164. The van der Waals surface area contributed by atoms with Crippen LogP contribution in [0.2, 0.25) is 0 Å². The summed E-state index contributed by atoms with van der Waals surface area (Å²) in [6, 6.07) is 1.89.